The summed E-state index contributed by atoms with van der Waals surface area (Å²) in [4.78, 5) is 0. The monoisotopic (exact) mass is 265 g/mol. The van der Waals surface area contributed by atoms with Gasteiger partial charge in [0.25, 0.3) is 0 Å². The largest absolute Gasteiger partial charge is 0.494 e. The van der Waals surface area contributed by atoms with E-state index in [-0.39, 0.29) is 18.8 Å². The molecule has 106 valence electrons. The molecule has 0 amide bonds. The van der Waals surface area contributed by atoms with Crippen molar-refractivity contribution >= 4 is 0 Å². The van der Waals surface area contributed by atoms with Crippen LogP contribution in [0, 0.1) is 5.92 Å². The fourth-order valence-electron chi connectivity index (χ4n) is 2.03. The maximum atomic E-state index is 9.38. The van der Waals surface area contributed by atoms with Gasteiger partial charge in [-0.3, -0.25) is 0 Å². The van der Waals surface area contributed by atoms with Crippen molar-refractivity contribution in [3.05, 3.63) is 24.3 Å². The lowest BCUT2D eigenvalue weighted by Gasteiger charge is -2.23. The Hall–Kier alpha value is -1.26. The Labute approximate surface area is 114 Å². The summed E-state index contributed by atoms with van der Waals surface area (Å²) in [6.45, 7) is 2.74. The number of hydrogen-bond acceptors (Lipinski definition) is 4. The molecule has 0 bridgehead atoms. The van der Waals surface area contributed by atoms with Gasteiger partial charge < -0.3 is 20.3 Å². The van der Waals surface area contributed by atoms with E-state index in [0.29, 0.717) is 12.5 Å². The Morgan fingerprint density at radius 2 is 1.89 bits per heavy atom. The molecule has 1 aromatic carbocycles. The topological polar surface area (TPSA) is 64.7 Å². The third-order valence-corrected chi connectivity index (χ3v) is 3.36. The van der Waals surface area contributed by atoms with E-state index in [1.165, 1.54) is 0 Å². The van der Waals surface area contributed by atoms with Crippen molar-refractivity contribution < 1.29 is 14.6 Å². The van der Waals surface area contributed by atoms with Crippen molar-refractivity contribution in [3.8, 4) is 11.5 Å². The third kappa shape index (κ3) is 4.11. The number of hydrogen-bond donors (Lipinski definition) is 2. The molecule has 0 aromatic heterocycles. The number of aliphatic hydroxyl groups excluding tert-OH is 1. The molecule has 0 saturated heterocycles. The van der Waals surface area contributed by atoms with Gasteiger partial charge in [-0.05, 0) is 49.4 Å². The van der Waals surface area contributed by atoms with E-state index in [1.54, 1.807) is 0 Å². The van der Waals surface area contributed by atoms with Crippen LogP contribution in [0.2, 0.25) is 0 Å². The van der Waals surface area contributed by atoms with Crippen LogP contribution in [0.5, 0.6) is 11.5 Å². The van der Waals surface area contributed by atoms with Gasteiger partial charge in [0.05, 0.1) is 13.2 Å². The van der Waals surface area contributed by atoms with E-state index in [4.69, 9.17) is 15.2 Å². The average molecular weight is 265 g/mol. The molecule has 1 aliphatic carbocycles. The second-order valence-electron chi connectivity index (χ2n) is 5.07. The molecule has 2 unspecified atom stereocenters. The molecule has 1 saturated carbocycles. The molecule has 0 spiro atoms. The van der Waals surface area contributed by atoms with Crippen molar-refractivity contribution in [1.82, 2.24) is 0 Å². The molecule has 1 aliphatic rings. The predicted molar refractivity (Wildman–Crippen MR) is 74.4 cm³/mol. The normalized spacial score (nSPS) is 17.8. The SMILES string of the molecule is CCCOc1ccc(OC(CO)C(N)C2CC2)cc1. The lowest BCUT2D eigenvalue weighted by Crippen LogP contribution is -2.43. The van der Waals surface area contributed by atoms with E-state index in [9.17, 15) is 5.11 Å². The molecule has 1 aromatic rings. The molecule has 1 fully saturated rings. The van der Waals surface area contributed by atoms with Crippen LogP contribution in [0.3, 0.4) is 0 Å². The Morgan fingerprint density at radius 1 is 1.26 bits per heavy atom. The van der Waals surface area contributed by atoms with Crippen molar-refractivity contribution in [1.29, 1.82) is 0 Å². The first-order valence-corrected chi connectivity index (χ1v) is 7.00. The van der Waals surface area contributed by atoms with E-state index in [1.807, 2.05) is 24.3 Å². The van der Waals surface area contributed by atoms with E-state index >= 15 is 0 Å². The minimum Gasteiger partial charge on any atom is -0.494 e. The lowest BCUT2D eigenvalue weighted by atomic mass is 10.1. The zero-order valence-corrected chi connectivity index (χ0v) is 11.4. The highest BCUT2D eigenvalue weighted by atomic mass is 16.5. The Morgan fingerprint density at radius 3 is 2.42 bits per heavy atom. The van der Waals surface area contributed by atoms with Crippen LogP contribution in [-0.2, 0) is 0 Å². The van der Waals surface area contributed by atoms with Crippen LogP contribution >= 0.6 is 0 Å². The van der Waals surface area contributed by atoms with E-state index < -0.39 is 0 Å². The van der Waals surface area contributed by atoms with Crippen LogP contribution in [0.4, 0.5) is 0 Å². The van der Waals surface area contributed by atoms with Gasteiger partial charge in [-0.15, -0.1) is 0 Å². The highest BCUT2D eigenvalue weighted by Crippen LogP contribution is 2.33. The summed E-state index contributed by atoms with van der Waals surface area (Å²) in [5.74, 6) is 2.06. The smallest absolute Gasteiger partial charge is 0.137 e. The number of benzene rings is 1. The van der Waals surface area contributed by atoms with E-state index in [2.05, 4.69) is 6.92 Å². The minimum absolute atomic E-state index is 0.0498. The van der Waals surface area contributed by atoms with Crippen molar-refractivity contribution in [2.75, 3.05) is 13.2 Å². The average Bonchev–Trinajstić information content (AvgIpc) is 3.27. The second kappa shape index (κ2) is 6.78. The fraction of sp³-hybridized carbons (Fsp3) is 0.600. The number of ether oxygens (including phenoxy) is 2. The Kier molecular flexibility index (Phi) is 5.05. The molecule has 2 rings (SSSR count). The number of rotatable bonds is 8. The molecule has 0 heterocycles. The summed E-state index contributed by atoms with van der Waals surface area (Å²) in [7, 11) is 0. The summed E-state index contributed by atoms with van der Waals surface area (Å²) in [5.41, 5.74) is 6.07. The summed E-state index contributed by atoms with van der Waals surface area (Å²) >= 11 is 0. The molecule has 2 atom stereocenters. The van der Waals surface area contributed by atoms with Crippen LogP contribution in [0.25, 0.3) is 0 Å². The quantitative estimate of drug-likeness (QED) is 0.754. The highest BCUT2D eigenvalue weighted by molar-refractivity contribution is 5.31. The van der Waals surface area contributed by atoms with Gasteiger partial charge in [-0.2, -0.15) is 0 Å². The zero-order chi connectivity index (χ0) is 13.7. The molecular formula is C15H23NO3. The maximum absolute atomic E-state index is 9.38. The van der Waals surface area contributed by atoms with E-state index in [0.717, 1.165) is 30.8 Å². The molecule has 4 nitrogen and oxygen atoms in total. The summed E-state index contributed by atoms with van der Waals surface area (Å²) < 4.78 is 11.3. The molecule has 0 aliphatic heterocycles. The van der Waals surface area contributed by atoms with Gasteiger partial charge in [0.2, 0.25) is 0 Å². The molecule has 4 heteroatoms. The molecule has 3 N–H and O–H groups in total. The third-order valence-electron chi connectivity index (χ3n) is 3.36. The van der Waals surface area contributed by atoms with Gasteiger partial charge in [0.15, 0.2) is 0 Å². The van der Waals surface area contributed by atoms with Crippen molar-refractivity contribution in [2.45, 2.75) is 38.3 Å². The van der Waals surface area contributed by atoms with Gasteiger partial charge in [-0.25, -0.2) is 0 Å². The first-order chi connectivity index (χ1) is 9.24. The fourth-order valence-corrected chi connectivity index (χ4v) is 2.03. The predicted octanol–water partition coefficient (Wildman–Crippen LogP) is 1.95. The summed E-state index contributed by atoms with van der Waals surface area (Å²) in [6, 6.07) is 7.38. The van der Waals surface area contributed by atoms with Gasteiger partial charge in [0.1, 0.15) is 17.6 Å². The standard InChI is InChI=1S/C15H23NO3/c1-2-9-18-12-5-7-13(8-6-12)19-14(10-17)15(16)11-3-4-11/h5-8,11,14-15,17H,2-4,9-10,16H2,1H3. The molecular weight excluding hydrogens is 242 g/mol. The minimum atomic E-state index is -0.324. The zero-order valence-electron chi connectivity index (χ0n) is 11.4. The maximum Gasteiger partial charge on any atom is 0.137 e. The van der Waals surface area contributed by atoms with Crippen molar-refractivity contribution in [2.24, 2.45) is 11.7 Å². The molecule has 19 heavy (non-hydrogen) atoms. The van der Waals surface area contributed by atoms with Crippen molar-refractivity contribution in [3.63, 3.8) is 0 Å². The number of aliphatic hydroxyl groups is 1. The first-order valence-electron chi connectivity index (χ1n) is 7.00. The second-order valence-corrected chi connectivity index (χ2v) is 5.07. The van der Waals surface area contributed by atoms with Crippen LogP contribution < -0.4 is 15.2 Å². The lowest BCUT2D eigenvalue weighted by molar-refractivity contribution is 0.0882. The number of nitrogens with two attached hydrogens (primary N) is 1. The van der Waals surface area contributed by atoms with Gasteiger partial charge in [-0.1, -0.05) is 6.92 Å². The summed E-state index contributed by atoms with van der Waals surface area (Å²) in [6.07, 6.45) is 2.95. The van der Waals surface area contributed by atoms with Crippen LogP contribution in [0.15, 0.2) is 24.3 Å². The van der Waals surface area contributed by atoms with Crippen LogP contribution in [-0.4, -0.2) is 30.5 Å². The highest BCUT2D eigenvalue weighted by Gasteiger charge is 2.34. The van der Waals surface area contributed by atoms with Gasteiger partial charge >= 0.3 is 0 Å². The summed E-state index contributed by atoms with van der Waals surface area (Å²) in [5, 5.41) is 9.38. The van der Waals surface area contributed by atoms with Gasteiger partial charge in [0, 0.05) is 6.04 Å². The first kappa shape index (κ1) is 14.2. The molecule has 0 radical (unpaired) electrons. The Bertz CT molecular complexity index is 375. The van der Waals surface area contributed by atoms with Crippen LogP contribution in [0.1, 0.15) is 26.2 Å². The Balaban J connectivity index is 1.89.